The van der Waals surface area contributed by atoms with Gasteiger partial charge in [-0.2, -0.15) is 0 Å². The number of aryl methyl sites for hydroxylation is 1. The Hall–Kier alpha value is -1.00. The Balaban J connectivity index is 1.73. The van der Waals surface area contributed by atoms with E-state index in [9.17, 15) is 0 Å². The number of likely N-dealkylation sites (tertiary alicyclic amines) is 1. The highest BCUT2D eigenvalue weighted by Gasteiger charge is 2.22. The van der Waals surface area contributed by atoms with Crippen molar-refractivity contribution in [3.05, 3.63) is 23.8 Å². The van der Waals surface area contributed by atoms with Gasteiger partial charge in [0.05, 0.1) is 18.0 Å². The van der Waals surface area contributed by atoms with E-state index in [1.807, 2.05) is 19.3 Å². The highest BCUT2D eigenvalue weighted by Crippen LogP contribution is 2.18. The fraction of sp³-hybridized carbons (Fsp3) is 0.714. The zero-order valence-electron chi connectivity index (χ0n) is 11.4. The fourth-order valence-corrected chi connectivity index (χ4v) is 2.32. The summed E-state index contributed by atoms with van der Waals surface area (Å²) in [5.74, 6) is 0.690. The van der Waals surface area contributed by atoms with E-state index >= 15 is 0 Å². The quantitative estimate of drug-likeness (QED) is 0.723. The van der Waals surface area contributed by atoms with E-state index in [1.54, 1.807) is 0 Å². The van der Waals surface area contributed by atoms with Gasteiger partial charge in [0.15, 0.2) is 0 Å². The topological polar surface area (TPSA) is 38.2 Å². The van der Waals surface area contributed by atoms with Crippen LogP contribution in [0.25, 0.3) is 0 Å². The van der Waals surface area contributed by atoms with Crippen LogP contribution in [0.1, 0.15) is 31.2 Å². The summed E-state index contributed by atoms with van der Waals surface area (Å²) >= 11 is 0. The van der Waals surface area contributed by atoms with E-state index in [4.69, 9.17) is 4.74 Å². The summed E-state index contributed by atoms with van der Waals surface area (Å²) in [5.41, 5.74) is 2.04. The van der Waals surface area contributed by atoms with E-state index in [1.165, 1.54) is 6.42 Å². The average molecular weight is 249 g/mol. The fourth-order valence-electron chi connectivity index (χ4n) is 2.32. The molecular formula is C14H23N3O. The maximum atomic E-state index is 5.63. The van der Waals surface area contributed by atoms with Crippen molar-refractivity contribution in [2.45, 2.75) is 33.2 Å². The molecule has 1 saturated heterocycles. The zero-order valence-corrected chi connectivity index (χ0v) is 11.4. The highest BCUT2D eigenvalue weighted by atomic mass is 16.5. The highest BCUT2D eigenvalue weighted by molar-refractivity contribution is 5.00. The van der Waals surface area contributed by atoms with Crippen LogP contribution in [0.3, 0.4) is 0 Å². The molecule has 100 valence electrons. The van der Waals surface area contributed by atoms with E-state index in [2.05, 4.69) is 21.8 Å². The molecule has 1 aromatic heterocycles. The van der Waals surface area contributed by atoms with Crippen LogP contribution in [0.2, 0.25) is 0 Å². The monoisotopic (exact) mass is 249 g/mol. The van der Waals surface area contributed by atoms with Gasteiger partial charge in [0.1, 0.15) is 0 Å². The molecule has 2 heterocycles. The Morgan fingerprint density at radius 2 is 2.28 bits per heavy atom. The molecule has 0 aliphatic carbocycles. The molecule has 1 aliphatic heterocycles. The van der Waals surface area contributed by atoms with E-state index in [-0.39, 0.29) is 0 Å². The third-order valence-corrected chi connectivity index (χ3v) is 3.29. The summed E-state index contributed by atoms with van der Waals surface area (Å²) in [6.45, 7) is 9.10. The maximum absolute atomic E-state index is 5.63. The zero-order chi connectivity index (χ0) is 12.8. The van der Waals surface area contributed by atoms with Crippen molar-refractivity contribution in [2.24, 2.45) is 5.92 Å². The second kappa shape index (κ2) is 6.81. The van der Waals surface area contributed by atoms with Crippen LogP contribution in [0.4, 0.5) is 0 Å². The number of hydrogen-bond acceptors (Lipinski definition) is 4. The molecule has 4 nitrogen and oxygen atoms in total. The summed E-state index contributed by atoms with van der Waals surface area (Å²) in [4.78, 5) is 11.1. The Morgan fingerprint density at radius 3 is 3.00 bits per heavy atom. The lowest BCUT2D eigenvalue weighted by atomic mass is 10.1. The van der Waals surface area contributed by atoms with Crippen LogP contribution in [-0.2, 0) is 11.3 Å². The van der Waals surface area contributed by atoms with Gasteiger partial charge in [-0.25, -0.2) is 0 Å². The van der Waals surface area contributed by atoms with Gasteiger partial charge in [-0.1, -0.05) is 6.92 Å². The second-order valence-electron chi connectivity index (χ2n) is 5.11. The lowest BCUT2D eigenvalue weighted by molar-refractivity contribution is 0.101. The van der Waals surface area contributed by atoms with Crippen molar-refractivity contribution in [2.75, 3.05) is 26.3 Å². The first-order valence-corrected chi connectivity index (χ1v) is 6.85. The molecule has 0 N–H and O–H groups in total. The molecule has 1 aliphatic rings. The predicted molar refractivity (Wildman–Crippen MR) is 71.3 cm³/mol. The number of nitrogens with zero attached hydrogens (tertiary/aromatic N) is 3. The first-order chi connectivity index (χ1) is 8.78. The van der Waals surface area contributed by atoms with Crippen molar-refractivity contribution in [1.82, 2.24) is 14.9 Å². The Bertz CT molecular complexity index is 353. The molecule has 0 radical (unpaired) electrons. The largest absolute Gasteiger partial charge is 0.381 e. The summed E-state index contributed by atoms with van der Waals surface area (Å²) in [6, 6.07) is 0. The maximum Gasteiger partial charge on any atom is 0.0727 e. The molecule has 4 heteroatoms. The molecule has 0 saturated carbocycles. The van der Waals surface area contributed by atoms with Gasteiger partial charge in [-0.05, 0) is 32.2 Å². The van der Waals surface area contributed by atoms with Gasteiger partial charge >= 0.3 is 0 Å². The van der Waals surface area contributed by atoms with Crippen molar-refractivity contribution in [3.8, 4) is 0 Å². The van der Waals surface area contributed by atoms with Crippen molar-refractivity contribution >= 4 is 0 Å². The second-order valence-corrected chi connectivity index (χ2v) is 5.11. The summed E-state index contributed by atoms with van der Waals surface area (Å²) in [6.07, 6.45) is 6.07. The molecule has 18 heavy (non-hydrogen) atoms. The van der Waals surface area contributed by atoms with Gasteiger partial charge < -0.3 is 4.74 Å². The van der Waals surface area contributed by atoms with Crippen LogP contribution in [0.5, 0.6) is 0 Å². The molecule has 0 bridgehead atoms. The summed E-state index contributed by atoms with van der Waals surface area (Å²) in [5, 5.41) is 0. The summed E-state index contributed by atoms with van der Waals surface area (Å²) < 4.78 is 5.63. The third-order valence-electron chi connectivity index (χ3n) is 3.29. The van der Waals surface area contributed by atoms with Crippen LogP contribution in [0.15, 0.2) is 12.4 Å². The Morgan fingerprint density at radius 1 is 1.39 bits per heavy atom. The van der Waals surface area contributed by atoms with Crippen molar-refractivity contribution in [1.29, 1.82) is 0 Å². The molecule has 1 unspecified atom stereocenters. The van der Waals surface area contributed by atoms with E-state index < -0.39 is 0 Å². The lowest BCUT2D eigenvalue weighted by Gasteiger charge is -2.15. The number of ether oxygens (including phenoxy) is 1. The molecule has 1 fully saturated rings. The first kappa shape index (κ1) is 13.4. The van der Waals surface area contributed by atoms with Crippen molar-refractivity contribution in [3.63, 3.8) is 0 Å². The third kappa shape index (κ3) is 4.03. The van der Waals surface area contributed by atoms with E-state index in [0.717, 1.165) is 50.7 Å². The molecule has 2 rings (SSSR count). The molecule has 1 atom stereocenters. The van der Waals surface area contributed by atoms with Gasteiger partial charge in [-0.15, -0.1) is 0 Å². The minimum Gasteiger partial charge on any atom is -0.381 e. The number of rotatable bonds is 6. The Labute approximate surface area is 109 Å². The standard InChI is InChI=1S/C14H23N3O/c1-3-6-18-11-13-4-5-17(9-13)10-14-8-15-12(2)7-16-14/h7-8,13H,3-6,9-11H2,1-2H3. The minimum absolute atomic E-state index is 0.690. The molecule has 0 amide bonds. The normalized spacial score (nSPS) is 20.4. The van der Waals surface area contributed by atoms with Crippen LogP contribution < -0.4 is 0 Å². The van der Waals surface area contributed by atoms with E-state index in [0.29, 0.717) is 5.92 Å². The molecule has 0 spiro atoms. The first-order valence-electron chi connectivity index (χ1n) is 6.85. The average Bonchev–Trinajstić information content (AvgIpc) is 2.80. The smallest absolute Gasteiger partial charge is 0.0727 e. The molecule has 1 aromatic rings. The lowest BCUT2D eigenvalue weighted by Crippen LogP contribution is -2.22. The van der Waals surface area contributed by atoms with Crippen LogP contribution in [0, 0.1) is 12.8 Å². The molecular weight excluding hydrogens is 226 g/mol. The van der Waals surface area contributed by atoms with Crippen LogP contribution >= 0.6 is 0 Å². The van der Waals surface area contributed by atoms with Crippen LogP contribution in [-0.4, -0.2) is 41.2 Å². The van der Waals surface area contributed by atoms with Gasteiger partial charge in [0.2, 0.25) is 0 Å². The number of aromatic nitrogens is 2. The molecule has 0 aromatic carbocycles. The van der Waals surface area contributed by atoms with Gasteiger partial charge in [-0.3, -0.25) is 14.9 Å². The minimum atomic E-state index is 0.690. The van der Waals surface area contributed by atoms with Gasteiger partial charge in [0, 0.05) is 32.1 Å². The van der Waals surface area contributed by atoms with Crippen molar-refractivity contribution < 1.29 is 4.74 Å². The predicted octanol–water partition coefficient (Wildman–Crippen LogP) is 2.03. The summed E-state index contributed by atoms with van der Waals surface area (Å²) in [7, 11) is 0. The SMILES string of the molecule is CCCOCC1CCN(Cc2cnc(C)cn2)C1. The number of hydrogen-bond donors (Lipinski definition) is 0. The Kier molecular flexibility index (Phi) is 5.08. The van der Waals surface area contributed by atoms with Gasteiger partial charge in [0.25, 0.3) is 0 Å².